The van der Waals surface area contributed by atoms with Crippen molar-refractivity contribution in [3.05, 3.63) is 35.7 Å². The molecule has 0 saturated heterocycles. The third-order valence-electron chi connectivity index (χ3n) is 4.04. The minimum absolute atomic E-state index is 0.382. The van der Waals surface area contributed by atoms with Gasteiger partial charge in [0.25, 0.3) is 0 Å². The van der Waals surface area contributed by atoms with Crippen molar-refractivity contribution >= 4 is 0 Å². The minimum Gasteiger partial charge on any atom is -0.327 e. The lowest BCUT2D eigenvalue weighted by Crippen LogP contribution is -2.26. The summed E-state index contributed by atoms with van der Waals surface area (Å²) >= 11 is 0. The average molecular weight is 287 g/mol. The van der Waals surface area contributed by atoms with Crippen LogP contribution in [-0.2, 0) is 25.9 Å². The maximum atomic E-state index is 4.91. The Morgan fingerprint density at radius 2 is 2.19 bits per heavy atom. The summed E-state index contributed by atoms with van der Waals surface area (Å²) in [7, 11) is 0. The summed E-state index contributed by atoms with van der Waals surface area (Å²) < 4.78 is 4.48. The summed E-state index contributed by atoms with van der Waals surface area (Å²) in [5.41, 5.74) is 2.66. The smallest absolute Gasteiger partial charge is 0.109 e. The number of rotatable bonds is 5. The second-order valence-electron chi connectivity index (χ2n) is 6.39. The molecular formula is C16H25N5. The lowest BCUT2D eigenvalue weighted by Gasteiger charge is -2.22. The molecule has 0 fully saturated rings. The van der Waals surface area contributed by atoms with Crippen molar-refractivity contribution in [2.24, 2.45) is 5.92 Å². The average Bonchev–Trinajstić information content (AvgIpc) is 3.04. The van der Waals surface area contributed by atoms with Gasteiger partial charge >= 0.3 is 0 Å². The van der Waals surface area contributed by atoms with Crippen LogP contribution in [0.3, 0.4) is 0 Å². The van der Waals surface area contributed by atoms with Crippen molar-refractivity contribution in [1.82, 2.24) is 24.6 Å². The van der Waals surface area contributed by atoms with Gasteiger partial charge in [-0.05, 0) is 18.9 Å². The lowest BCUT2D eigenvalue weighted by molar-refractivity contribution is 0.406. The molecule has 1 aliphatic heterocycles. The maximum Gasteiger partial charge on any atom is 0.109 e. The molecule has 1 N–H and O–H groups in total. The van der Waals surface area contributed by atoms with Gasteiger partial charge in [-0.25, -0.2) is 4.98 Å². The van der Waals surface area contributed by atoms with Crippen molar-refractivity contribution in [2.45, 2.75) is 52.7 Å². The molecule has 21 heavy (non-hydrogen) atoms. The molecular weight excluding hydrogens is 262 g/mol. The quantitative estimate of drug-likeness (QED) is 0.917. The maximum absolute atomic E-state index is 4.91. The van der Waals surface area contributed by atoms with E-state index >= 15 is 0 Å². The number of nitrogens with one attached hydrogen (secondary N) is 1. The summed E-state index contributed by atoms with van der Waals surface area (Å²) in [5, 5.41) is 7.77. The fraction of sp³-hybridized carbons (Fsp3) is 0.625. The third kappa shape index (κ3) is 3.02. The van der Waals surface area contributed by atoms with Crippen LogP contribution in [0.25, 0.3) is 0 Å². The molecule has 3 rings (SSSR count). The fourth-order valence-corrected chi connectivity index (χ4v) is 3.18. The molecule has 0 aromatic carbocycles. The highest BCUT2D eigenvalue weighted by atomic mass is 15.3. The van der Waals surface area contributed by atoms with Gasteiger partial charge in [-0.1, -0.05) is 13.8 Å². The predicted molar refractivity (Wildman–Crippen MR) is 83.1 cm³/mol. The Morgan fingerprint density at radius 3 is 2.90 bits per heavy atom. The number of hydrogen-bond acceptors (Lipinski definition) is 3. The van der Waals surface area contributed by atoms with Crippen molar-refractivity contribution in [2.75, 3.05) is 6.54 Å². The number of fused-ring (bicyclic) bond motifs is 1. The van der Waals surface area contributed by atoms with Crippen LogP contribution in [0.2, 0.25) is 0 Å². The van der Waals surface area contributed by atoms with Gasteiger partial charge in [0.05, 0.1) is 18.3 Å². The van der Waals surface area contributed by atoms with Crippen molar-refractivity contribution in [3.8, 4) is 0 Å². The summed E-state index contributed by atoms with van der Waals surface area (Å²) in [6.45, 7) is 9.64. The van der Waals surface area contributed by atoms with Gasteiger partial charge in [-0.2, -0.15) is 5.10 Å². The SMILES string of the molecule is CC(C)Cc1nc2c(n1C(C)Cn1cccn1)CCNC2. The van der Waals surface area contributed by atoms with E-state index in [9.17, 15) is 0 Å². The van der Waals surface area contributed by atoms with E-state index in [0.29, 0.717) is 12.0 Å². The van der Waals surface area contributed by atoms with Gasteiger partial charge in [-0.15, -0.1) is 0 Å². The molecule has 5 heteroatoms. The van der Waals surface area contributed by atoms with Crippen molar-refractivity contribution < 1.29 is 0 Å². The van der Waals surface area contributed by atoms with Crippen molar-refractivity contribution in [3.63, 3.8) is 0 Å². The number of nitrogens with zero attached hydrogens (tertiary/aromatic N) is 4. The van der Waals surface area contributed by atoms with Crippen LogP contribution < -0.4 is 5.32 Å². The van der Waals surface area contributed by atoms with Gasteiger partial charge in [0.2, 0.25) is 0 Å². The van der Waals surface area contributed by atoms with Gasteiger partial charge in [0, 0.05) is 44.0 Å². The molecule has 0 saturated carbocycles. The lowest BCUT2D eigenvalue weighted by atomic mass is 10.1. The van der Waals surface area contributed by atoms with Crippen LogP contribution in [0.4, 0.5) is 0 Å². The highest BCUT2D eigenvalue weighted by molar-refractivity contribution is 5.21. The molecule has 0 spiro atoms. The van der Waals surface area contributed by atoms with E-state index in [-0.39, 0.29) is 0 Å². The van der Waals surface area contributed by atoms with Crippen LogP contribution in [0.15, 0.2) is 18.5 Å². The molecule has 0 aliphatic carbocycles. The van der Waals surface area contributed by atoms with Crippen LogP contribution in [-0.4, -0.2) is 25.9 Å². The standard InChI is InChI=1S/C16H25N5/c1-12(2)9-16-19-14-10-17-7-5-15(14)21(16)13(3)11-20-8-4-6-18-20/h4,6,8,12-13,17H,5,7,9-11H2,1-3H3. The van der Waals surface area contributed by atoms with Gasteiger partial charge in [-0.3, -0.25) is 4.68 Å². The van der Waals surface area contributed by atoms with E-state index in [1.807, 2.05) is 23.1 Å². The Kier molecular flexibility index (Phi) is 4.10. The Labute approximate surface area is 126 Å². The molecule has 0 bridgehead atoms. The third-order valence-corrected chi connectivity index (χ3v) is 4.04. The van der Waals surface area contributed by atoms with E-state index in [0.717, 1.165) is 32.5 Å². The zero-order chi connectivity index (χ0) is 14.8. The number of hydrogen-bond donors (Lipinski definition) is 1. The van der Waals surface area contributed by atoms with Gasteiger partial charge < -0.3 is 9.88 Å². The molecule has 1 unspecified atom stereocenters. The zero-order valence-corrected chi connectivity index (χ0v) is 13.2. The van der Waals surface area contributed by atoms with E-state index in [1.165, 1.54) is 17.2 Å². The molecule has 114 valence electrons. The van der Waals surface area contributed by atoms with Crippen LogP contribution in [0.5, 0.6) is 0 Å². The Morgan fingerprint density at radius 1 is 1.33 bits per heavy atom. The van der Waals surface area contributed by atoms with Gasteiger partial charge in [0.1, 0.15) is 5.82 Å². The summed E-state index contributed by atoms with van der Waals surface area (Å²) in [6, 6.07) is 2.36. The normalized spacial score (nSPS) is 16.2. The number of aromatic nitrogens is 4. The highest BCUT2D eigenvalue weighted by Crippen LogP contribution is 2.24. The molecule has 1 aliphatic rings. The summed E-state index contributed by atoms with van der Waals surface area (Å²) in [5.74, 6) is 1.86. The first-order chi connectivity index (χ1) is 10.1. The topological polar surface area (TPSA) is 47.7 Å². The van der Waals surface area contributed by atoms with Crippen molar-refractivity contribution in [1.29, 1.82) is 0 Å². The van der Waals surface area contributed by atoms with E-state index < -0.39 is 0 Å². The largest absolute Gasteiger partial charge is 0.327 e. The zero-order valence-electron chi connectivity index (χ0n) is 13.2. The molecule has 0 radical (unpaired) electrons. The Bertz CT molecular complexity index is 582. The van der Waals surface area contributed by atoms with Crippen LogP contribution >= 0.6 is 0 Å². The molecule has 1 atom stereocenters. The van der Waals surface area contributed by atoms with E-state index in [1.54, 1.807) is 0 Å². The molecule has 2 aromatic heterocycles. The molecule has 5 nitrogen and oxygen atoms in total. The second kappa shape index (κ2) is 6.02. The molecule has 2 aromatic rings. The number of imidazole rings is 1. The Balaban J connectivity index is 1.92. The molecule has 3 heterocycles. The van der Waals surface area contributed by atoms with Crippen LogP contribution in [0, 0.1) is 5.92 Å². The Hall–Kier alpha value is -1.62. The van der Waals surface area contributed by atoms with Gasteiger partial charge in [0.15, 0.2) is 0 Å². The minimum atomic E-state index is 0.382. The fourth-order valence-electron chi connectivity index (χ4n) is 3.18. The molecule has 0 amide bonds. The first-order valence-corrected chi connectivity index (χ1v) is 7.92. The first-order valence-electron chi connectivity index (χ1n) is 7.92. The first kappa shape index (κ1) is 14.3. The van der Waals surface area contributed by atoms with Crippen LogP contribution in [0.1, 0.15) is 44.0 Å². The monoisotopic (exact) mass is 287 g/mol. The predicted octanol–water partition coefficient (Wildman–Crippen LogP) is 2.18. The highest BCUT2D eigenvalue weighted by Gasteiger charge is 2.23. The van der Waals surface area contributed by atoms with E-state index in [2.05, 4.69) is 35.8 Å². The summed E-state index contributed by atoms with van der Waals surface area (Å²) in [6.07, 6.45) is 5.99. The van der Waals surface area contributed by atoms with E-state index in [4.69, 9.17) is 4.98 Å². The second-order valence-corrected chi connectivity index (χ2v) is 6.39. The summed E-state index contributed by atoms with van der Waals surface area (Å²) in [4.78, 5) is 4.91.